The Labute approximate surface area is 109 Å². The molecule has 0 heterocycles. The molecule has 0 saturated carbocycles. The van der Waals surface area contributed by atoms with Gasteiger partial charge in [0.05, 0.1) is 6.61 Å². The Bertz CT molecular complexity index is 367. The van der Waals surface area contributed by atoms with E-state index in [2.05, 4.69) is 17.6 Å². The minimum Gasteiger partial charge on any atom is -0.494 e. The van der Waals surface area contributed by atoms with Crippen LogP contribution in [0.1, 0.15) is 26.2 Å². The number of rotatable bonds is 8. The molecule has 0 atom stereocenters. The number of carbonyl (C=O) groups is 1. The first-order valence-corrected chi connectivity index (χ1v) is 6.43. The molecule has 2 N–H and O–H groups in total. The highest BCUT2D eigenvalue weighted by Gasteiger charge is 2.02. The Balaban J connectivity index is 2.43. The van der Waals surface area contributed by atoms with E-state index in [0.717, 1.165) is 30.8 Å². The third-order valence-electron chi connectivity index (χ3n) is 2.42. The standard InChI is InChI=1S/C14H22N2O2/c1-3-10-18-13-7-4-6-12(11-13)16-14(17)8-5-9-15-2/h4,6-7,11,15H,3,5,8-10H2,1-2H3,(H,16,17). The van der Waals surface area contributed by atoms with Gasteiger partial charge in [0.25, 0.3) is 0 Å². The van der Waals surface area contributed by atoms with E-state index < -0.39 is 0 Å². The number of anilines is 1. The molecule has 0 unspecified atom stereocenters. The molecule has 0 fully saturated rings. The van der Waals surface area contributed by atoms with Crippen LogP contribution in [0, 0.1) is 0 Å². The van der Waals surface area contributed by atoms with Crippen molar-refractivity contribution in [3.8, 4) is 5.75 Å². The predicted molar refractivity (Wildman–Crippen MR) is 74.0 cm³/mol. The van der Waals surface area contributed by atoms with Crippen LogP contribution in [0.15, 0.2) is 24.3 Å². The summed E-state index contributed by atoms with van der Waals surface area (Å²) in [6.45, 7) is 3.61. The quantitative estimate of drug-likeness (QED) is 0.697. The van der Waals surface area contributed by atoms with Gasteiger partial charge in [-0.05, 0) is 38.6 Å². The predicted octanol–water partition coefficient (Wildman–Crippen LogP) is 2.41. The van der Waals surface area contributed by atoms with Crippen LogP contribution < -0.4 is 15.4 Å². The molecule has 18 heavy (non-hydrogen) atoms. The molecule has 1 rings (SSSR count). The lowest BCUT2D eigenvalue weighted by molar-refractivity contribution is -0.116. The first kappa shape index (κ1) is 14.5. The summed E-state index contributed by atoms with van der Waals surface area (Å²) in [5.74, 6) is 0.836. The van der Waals surface area contributed by atoms with Gasteiger partial charge in [0.2, 0.25) is 5.91 Å². The topological polar surface area (TPSA) is 50.4 Å². The SMILES string of the molecule is CCCOc1cccc(NC(=O)CCCNC)c1. The van der Waals surface area contributed by atoms with Gasteiger partial charge in [-0.1, -0.05) is 13.0 Å². The summed E-state index contributed by atoms with van der Waals surface area (Å²) in [5, 5.41) is 5.89. The van der Waals surface area contributed by atoms with Gasteiger partial charge >= 0.3 is 0 Å². The molecule has 1 aromatic rings. The fourth-order valence-electron chi connectivity index (χ4n) is 1.53. The molecule has 0 bridgehead atoms. The van der Waals surface area contributed by atoms with Crippen molar-refractivity contribution >= 4 is 11.6 Å². The van der Waals surface area contributed by atoms with Crippen molar-refractivity contribution in [3.63, 3.8) is 0 Å². The molecule has 1 amide bonds. The zero-order valence-corrected chi connectivity index (χ0v) is 11.2. The second-order valence-corrected chi connectivity index (χ2v) is 4.13. The van der Waals surface area contributed by atoms with Crippen LogP contribution in [0.25, 0.3) is 0 Å². The van der Waals surface area contributed by atoms with E-state index in [0.29, 0.717) is 13.0 Å². The fourth-order valence-corrected chi connectivity index (χ4v) is 1.53. The molecule has 0 aliphatic carbocycles. The zero-order valence-electron chi connectivity index (χ0n) is 11.2. The van der Waals surface area contributed by atoms with Gasteiger partial charge in [0.1, 0.15) is 5.75 Å². The average Bonchev–Trinajstić information content (AvgIpc) is 2.37. The van der Waals surface area contributed by atoms with Gasteiger partial charge in [-0.25, -0.2) is 0 Å². The molecule has 4 heteroatoms. The first-order valence-electron chi connectivity index (χ1n) is 6.43. The van der Waals surface area contributed by atoms with Crippen molar-refractivity contribution in [2.24, 2.45) is 0 Å². The first-order chi connectivity index (χ1) is 8.76. The minimum absolute atomic E-state index is 0.0397. The van der Waals surface area contributed by atoms with Crippen molar-refractivity contribution in [2.45, 2.75) is 26.2 Å². The molecule has 1 aromatic carbocycles. The van der Waals surface area contributed by atoms with Crippen LogP contribution in [-0.4, -0.2) is 26.1 Å². The third kappa shape index (κ3) is 5.68. The maximum atomic E-state index is 11.6. The minimum atomic E-state index is 0.0397. The van der Waals surface area contributed by atoms with Gasteiger partial charge in [-0.3, -0.25) is 4.79 Å². The van der Waals surface area contributed by atoms with Crippen molar-refractivity contribution in [3.05, 3.63) is 24.3 Å². The van der Waals surface area contributed by atoms with Gasteiger partial charge in [0.15, 0.2) is 0 Å². The van der Waals surface area contributed by atoms with E-state index in [4.69, 9.17) is 4.74 Å². The maximum Gasteiger partial charge on any atom is 0.224 e. The van der Waals surface area contributed by atoms with E-state index in [-0.39, 0.29) is 5.91 Å². The van der Waals surface area contributed by atoms with Crippen LogP contribution in [0.3, 0.4) is 0 Å². The van der Waals surface area contributed by atoms with Crippen molar-refractivity contribution in [1.82, 2.24) is 5.32 Å². The monoisotopic (exact) mass is 250 g/mol. The lowest BCUT2D eigenvalue weighted by Gasteiger charge is -2.08. The summed E-state index contributed by atoms with van der Waals surface area (Å²) >= 11 is 0. The van der Waals surface area contributed by atoms with Crippen LogP contribution in [0.2, 0.25) is 0 Å². The summed E-state index contributed by atoms with van der Waals surface area (Å²) < 4.78 is 5.51. The fraction of sp³-hybridized carbons (Fsp3) is 0.500. The van der Waals surface area contributed by atoms with E-state index in [9.17, 15) is 4.79 Å². The van der Waals surface area contributed by atoms with E-state index in [1.807, 2.05) is 31.3 Å². The molecule has 0 aliphatic rings. The van der Waals surface area contributed by atoms with Crippen LogP contribution >= 0.6 is 0 Å². The van der Waals surface area contributed by atoms with Crippen molar-refractivity contribution in [1.29, 1.82) is 0 Å². The number of hydrogen-bond acceptors (Lipinski definition) is 3. The number of hydrogen-bond donors (Lipinski definition) is 2. The van der Waals surface area contributed by atoms with Crippen molar-refractivity contribution in [2.75, 3.05) is 25.5 Å². The van der Waals surface area contributed by atoms with Gasteiger partial charge in [-0.15, -0.1) is 0 Å². The summed E-state index contributed by atoms with van der Waals surface area (Å²) in [6.07, 6.45) is 2.34. The van der Waals surface area contributed by atoms with Gasteiger partial charge in [0, 0.05) is 18.2 Å². The Morgan fingerprint density at radius 3 is 2.94 bits per heavy atom. The normalized spacial score (nSPS) is 10.1. The third-order valence-corrected chi connectivity index (χ3v) is 2.42. The second kappa shape index (κ2) is 8.53. The molecule has 0 radical (unpaired) electrons. The van der Waals surface area contributed by atoms with Crippen LogP contribution in [0.4, 0.5) is 5.69 Å². The molecule has 0 aliphatic heterocycles. The molecule has 0 spiro atoms. The van der Waals surface area contributed by atoms with Crippen molar-refractivity contribution < 1.29 is 9.53 Å². The number of benzene rings is 1. The van der Waals surface area contributed by atoms with E-state index >= 15 is 0 Å². The molecule has 100 valence electrons. The van der Waals surface area contributed by atoms with E-state index in [1.165, 1.54) is 0 Å². The highest BCUT2D eigenvalue weighted by Crippen LogP contribution is 2.17. The maximum absolute atomic E-state index is 11.6. The summed E-state index contributed by atoms with van der Waals surface area (Å²) in [6, 6.07) is 7.50. The zero-order chi connectivity index (χ0) is 13.2. The highest BCUT2D eigenvalue weighted by molar-refractivity contribution is 5.90. The average molecular weight is 250 g/mol. The molecule has 4 nitrogen and oxygen atoms in total. The molecular formula is C14H22N2O2. The number of amides is 1. The largest absolute Gasteiger partial charge is 0.494 e. The van der Waals surface area contributed by atoms with Gasteiger partial charge < -0.3 is 15.4 Å². The smallest absolute Gasteiger partial charge is 0.224 e. The Hall–Kier alpha value is -1.55. The Morgan fingerprint density at radius 2 is 2.22 bits per heavy atom. The Kier molecular flexibility index (Phi) is 6.87. The van der Waals surface area contributed by atoms with Gasteiger partial charge in [-0.2, -0.15) is 0 Å². The molecule has 0 saturated heterocycles. The van der Waals surface area contributed by atoms with Crippen LogP contribution in [0.5, 0.6) is 5.75 Å². The molecule has 0 aromatic heterocycles. The number of nitrogens with one attached hydrogen (secondary N) is 2. The van der Waals surface area contributed by atoms with Crippen LogP contribution in [-0.2, 0) is 4.79 Å². The lowest BCUT2D eigenvalue weighted by Crippen LogP contribution is -2.15. The highest BCUT2D eigenvalue weighted by atomic mass is 16.5. The molecular weight excluding hydrogens is 228 g/mol. The summed E-state index contributed by atoms with van der Waals surface area (Å²) in [7, 11) is 1.88. The summed E-state index contributed by atoms with van der Waals surface area (Å²) in [4.78, 5) is 11.6. The summed E-state index contributed by atoms with van der Waals surface area (Å²) in [5.41, 5.74) is 0.790. The van der Waals surface area contributed by atoms with E-state index in [1.54, 1.807) is 0 Å². The number of carbonyl (C=O) groups excluding carboxylic acids is 1. The number of ether oxygens (including phenoxy) is 1. The second-order valence-electron chi connectivity index (χ2n) is 4.13. The lowest BCUT2D eigenvalue weighted by atomic mass is 10.2. The Morgan fingerprint density at radius 1 is 1.39 bits per heavy atom.